The van der Waals surface area contributed by atoms with Crippen LogP contribution in [-0.4, -0.2) is 29.9 Å². The van der Waals surface area contributed by atoms with Crippen LogP contribution in [0, 0.1) is 0 Å². The van der Waals surface area contributed by atoms with E-state index >= 15 is 0 Å². The van der Waals surface area contributed by atoms with Crippen LogP contribution in [0.2, 0.25) is 0 Å². The van der Waals surface area contributed by atoms with Gasteiger partial charge in [-0.2, -0.15) is 4.98 Å². The molecular formula is C9H9N7S. The Balaban J connectivity index is 2.07. The molecule has 0 unspecified atom stereocenters. The fraction of sp³-hybridized carbons (Fsp3) is 0.111. The lowest BCUT2D eigenvalue weighted by Gasteiger charge is -1.91. The van der Waals surface area contributed by atoms with Gasteiger partial charge < -0.3 is 5.73 Å². The molecule has 17 heavy (non-hydrogen) atoms. The zero-order valence-electron chi connectivity index (χ0n) is 8.95. The molecule has 3 heterocycles. The second-order valence-electron chi connectivity index (χ2n) is 3.40. The smallest absolute Gasteiger partial charge is 0.239 e. The summed E-state index contributed by atoms with van der Waals surface area (Å²) in [5, 5.41) is 12.8. The summed E-state index contributed by atoms with van der Waals surface area (Å²) in [6.07, 6.45) is 0. The molecule has 0 saturated heterocycles. The van der Waals surface area contributed by atoms with Crippen LogP contribution in [-0.2, 0) is 7.05 Å². The number of thiophene rings is 1. The predicted octanol–water partition coefficient (Wildman–Crippen LogP) is 0.911. The maximum atomic E-state index is 5.46. The molecule has 3 N–H and O–H groups in total. The van der Waals surface area contributed by atoms with Crippen LogP contribution < -0.4 is 5.73 Å². The van der Waals surface area contributed by atoms with Crippen molar-refractivity contribution in [3.05, 3.63) is 17.5 Å². The molecule has 0 spiro atoms. The van der Waals surface area contributed by atoms with Gasteiger partial charge >= 0.3 is 0 Å². The van der Waals surface area contributed by atoms with Gasteiger partial charge in [0.15, 0.2) is 17.5 Å². The lowest BCUT2D eigenvalue weighted by molar-refractivity contribution is 0.771. The molecule has 0 fully saturated rings. The molecule has 0 aromatic carbocycles. The number of nitrogens with zero attached hydrogens (tertiary/aromatic N) is 5. The number of aromatic amines is 1. The van der Waals surface area contributed by atoms with E-state index in [1.165, 1.54) is 0 Å². The Kier molecular flexibility index (Phi) is 2.15. The Bertz CT molecular complexity index is 636. The predicted molar refractivity (Wildman–Crippen MR) is 64.1 cm³/mol. The maximum Gasteiger partial charge on any atom is 0.239 e. The summed E-state index contributed by atoms with van der Waals surface area (Å²) in [7, 11) is 1.80. The molecule has 8 heteroatoms. The number of nitrogens with one attached hydrogen (secondary N) is 1. The third kappa shape index (κ3) is 1.68. The van der Waals surface area contributed by atoms with Crippen molar-refractivity contribution in [2.24, 2.45) is 7.05 Å². The minimum atomic E-state index is 0.195. The SMILES string of the molecule is Cn1nc(-c2cccs2)nc1-c1nc(N)n[nH]1. The molecule has 0 saturated carbocycles. The maximum absolute atomic E-state index is 5.46. The number of nitrogen functional groups attached to an aromatic ring is 1. The monoisotopic (exact) mass is 247 g/mol. The van der Waals surface area contributed by atoms with E-state index in [1.807, 2.05) is 17.5 Å². The molecule has 0 aliphatic rings. The van der Waals surface area contributed by atoms with Crippen molar-refractivity contribution in [2.75, 3.05) is 5.73 Å². The van der Waals surface area contributed by atoms with Gasteiger partial charge in [-0.25, -0.2) is 9.67 Å². The molecule has 3 rings (SSSR count). The highest BCUT2D eigenvalue weighted by Crippen LogP contribution is 2.23. The van der Waals surface area contributed by atoms with Crippen molar-refractivity contribution in [3.8, 4) is 22.4 Å². The van der Waals surface area contributed by atoms with E-state index in [1.54, 1.807) is 23.1 Å². The normalized spacial score (nSPS) is 10.9. The first-order valence-electron chi connectivity index (χ1n) is 4.87. The van der Waals surface area contributed by atoms with Gasteiger partial charge in [0.1, 0.15) is 0 Å². The Labute approximate surface area is 100 Å². The third-order valence-electron chi connectivity index (χ3n) is 2.22. The van der Waals surface area contributed by atoms with E-state index in [-0.39, 0.29) is 5.95 Å². The zero-order chi connectivity index (χ0) is 11.8. The number of aromatic nitrogens is 6. The first kappa shape index (κ1) is 9.97. The zero-order valence-corrected chi connectivity index (χ0v) is 9.77. The van der Waals surface area contributed by atoms with Crippen LogP contribution in [0.4, 0.5) is 5.95 Å². The lowest BCUT2D eigenvalue weighted by Crippen LogP contribution is -1.96. The third-order valence-corrected chi connectivity index (χ3v) is 3.08. The van der Waals surface area contributed by atoms with Gasteiger partial charge in [-0.3, -0.25) is 5.10 Å². The van der Waals surface area contributed by atoms with Crippen LogP contribution in [0.5, 0.6) is 0 Å². The van der Waals surface area contributed by atoms with E-state index in [4.69, 9.17) is 5.73 Å². The van der Waals surface area contributed by atoms with Gasteiger partial charge in [0.2, 0.25) is 5.95 Å². The summed E-state index contributed by atoms with van der Waals surface area (Å²) >= 11 is 1.59. The highest BCUT2D eigenvalue weighted by molar-refractivity contribution is 7.13. The number of H-pyrrole nitrogens is 1. The summed E-state index contributed by atoms with van der Waals surface area (Å²) in [4.78, 5) is 9.45. The van der Waals surface area contributed by atoms with Crippen molar-refractivity contribution < 1.29 is 0 Å². The molecule has 0 atom stereocenters. The topological polar surface area (TPSA) is 98.3 Å². The Morgan fingerprint density at radius 3 is 2.94 bits per heavy atom. The number of hydrogen-bond donors (Lipinski definition) is 2. The number of rotatable bonds is 2. The molecule has 0 aliphatic heterocycles. The molecule has 0 aliphatic carbocycles. The molecule has 86 valence electrons. The van der Waals surface area contributed by atoms with Gasteiger partial charge in [-0.05, 0) is 11.4 Å². The standard InChI is InChI=1S/C9H9N7S/c1-16-8(7-12-9(10)14-13-7)11-6(15-16)5-3-2-4-17-5/h2-4H,1H3,(H3,10,12,13,14). The second kappa shape index (κ2) is 3.67. The van der Waals surface area contributed by atoms with E-state index < -0.39 is 0 Å². The number of anilines is 1. The lowest BCUT2D eigenvalue weighted by atomic mass is 10.4. The molecule has 0 bridgehead atoms. The average Bonchev–Trinajstić information content (AvgIpc) is 2.97. The highest BCUT2D eigenvalue weighted by Gasteiger charge is 2.14. The second-order valence-corrected chi connectivity index (χ2v) is 4.35. The van der Waals surface area contributed by atoms with E-state index in [2.05, 4.69) is 25.3 Å². The summed E-state index contributed by atoms with van der Waals surface area (Å²) in [5.41, 5.74) is 5.46. The van der Waals surface area contributed by atoms with E-state index in [0.717, 1.165) is 4.88 Å². The van der Waals surface area contributed by atoms with Crippen molar-refractivity contribution in [1.29, 1.82) is 0 Å². The minimum absolute atomic E-state index is 0.195. The molecule has 3 aromatic rings. The number of nitrogens with two attached hydrogens (primary N) is 1. The van der Waals surface area contributed by atoms with Crippen LogP contribution in [0.25, 0.3) is 22.4 Å². The van der Waals surface area contributed by atoms with Crippen LogP contribution >= 0.6 is 11.3 Å². The molecule has 3 aromatic heterocycles. The van der Waals surface area contributed by atoms with E-state index in [0.29, 0.717) is 17.5 Å². The van der Waals surface area contributed by atoms with Gasteiger partial charge in [0.05, 0.1) is 4.88 Å². The fourth-order valence-electron chi connectivity index (χ4n) is 1.48. The molecule has 7 nitrogen and oxygen atoms in total. The minimum Gasteiger partial charge on any atom is -0.366 e. The summed E-state index contributed by atoms with van der Waals surface area (Å²) in [6.45, 7) is 0. The van der Waals surface area contributed by atoms with E-state index in [9.17, 15) is 0 Å². The van der Waals surface area contributed by atoms with Crippen molar-refractivity contribution >= 4 is 17.3 Å². The van der Waals surface area contributed by atoms with Crippen molar-refractivity contribution in [2.45, 2.75) is 0 Å². The van der Waals surface area contributed by atoms with Gasteiger partial charge in [-0.15, -0.1) is 21.5 Å². The number of hydrogen-bond acceptors (Lipinski definition) is 6. The summed E-state index contributed by atoms with van der Waals surface area (Å²) in [5.74, 6) is 1.99. The number of aryl methyl sites for hydroxylation is 1. The van der Waals surface area contributed by atoms with Gasteiger partial charge in [0.25, 0.3) is 0 Å². The van der Waals surface area contributed by atoms with Crippen LogP contribution in [0.15, 0.2) is 17.5 Å². The average molecular weight is 247 g/mol. The Morgan fingerprint density at radius 2 is 2.29 bits per heavy atom. The first-order chi connectivity index (χ1) is 8.24. The summed E-state index contributed by atoms with van der Waals surface area (Å²) in [6, 6.07) is 3.93. The molecular weight excluding hydrogens is 238 g/mol. The Hall–Kier alpha value is -2.22. The quantitative estimate of drug-likeness (QED) is 0.701. The van der Waals surface area contributed by atoms with Gasteiger partial charge in [0, 0.05) is 7.05 Å². The van der Waals surface area contributed by atoms with Gasteiger partial charge in [-0.1, -0.05) is 6.07 Å². The molecule has 0 radical (unpaired) electrons. The largest absolute Gasteiger partial charge is 0.366 e. The highest BCUT2D eigenvalue weighted by atomic mass is 32.1. The van der Waals surface area contributed by atoms with Crippen molar-refractivity contribution in [3.63, 3.8) is 0 Å². The van der Waals surface area contributed by atoms with Crippen molar-refractivity contribution in [1.82, 2.24) is 29.9 Å². The first-order valence-corrected chi connectivity index (χ1v) is 5.75. The van der Waals surface area contributed by atoms with Crippen LogP contribution in [0.1, 0.15) is 0 Å². The Morgan fingerprint density at radius 1 is 1.41 bits per heavy atom. The fourth-order valence-corrected chi connectivity index (χ4v) is 2.13. The summed E-state index contributed by atoms with van der Waals surface area (Å²) < 4.78 is 1.65. The van der Waals surface area contributed by atoms with Crippen LogP contribution in [0.3, 0.4) is 0 Å². The molecule has 0 amide bonds.